The van der Waals surface area contributed by atoms with Crippen molar-refractivity contribution in [2.75, 3.05) is 0 Å². The zero-order chi connectivity index (χ0) is 16.7. The molecule has 4 aliphatic carbocycles. The molecule has 1 atom stereocenters. The van der Waals surface area contributed by atoms with E-state index in [1.54, 1.807) is 24.3 Å². The average Bonchev–Trinajstić information content (AvgIpc) is 2.51. The molecule has 5 heteroatoms. The molecule has 1 aromatic carbocycles. The summed E-state index contributed by atoms with van der Waals surface area (Å²) in [6.07, 6.45) is 7.01. The van der Waals surface area contributed by atoms with Crippen LogP contribution in [0.1, 0.15) is 50.1 Å². The average molecular weight is 327 g/mol. The van der Waals surface area contributed by atoms with Gasteiger partial charge in [0.1, 0.15) is 0 Å². The van der Waals surface area contributed by atoms with Crippen molar-refractivity contribution < 1.29 is 14.7 Å². The number of carboxylic acids is 1. The maximum absolute atomic E-state index is 12.5. The highest BCUT2D eigenvalue weighted by molar-refractivity contribution is 5.83. The van der Waals surface area contributed by atoms with E-state index >= 15 is 0 Å². The van der Waals surface area contributed by atoms with Crippen molar-refractivity contribution in [2.45, 2.75) is 50.1 Å². The Morgan fingerprint density at radius 1 is 1.00 bits per heavy atom. The molecule has 5 rings (SSSR count). The zero-order valence-electron chi connectivity index (χ0n) is 13.7. The number of hydrogen-bond acceptors (Lipinski definition) is 3. The molecule has 1 aromatic rings. The molecule has 128 valence electrons. The zero-order valence-corrected chi connectivity index (χ0v) is 13.7. The van der Waals surface area contributed by atoms with Crippen molar-refractivity contribution in [3.05, 3.63) is 35.9 Å². The van der Waals surface area contributed by atoms with Gasteiger partial charge in [0.2, 0.25) is 0 Å². The number of nitrogens with one attached hydrogen (secondary N) is 2. The van der Waals surface area contributed by atoms with Gasteiger partial charge in [0.15, 0.2) is 0 Å². The van der Waals surface area contributed by atoms with Crippen molar-refractivity contribution >= 4 is 12.0 Å². The van der Waals surface area contributed by atoms with Gasteiger partial charge in [-0.1, -0.05) is 30.3 Å². The van der Waals surface area contributed by atoms with E-state index in [1.807, 2.05) is 6.07 Å². The predicted molar refractivity (Wildman–Crippen MR) is 86.8 cm³/mol. The summed E-state index contributed by atoms with van der Waals surface area (Å²) in [5.74, 6) is 0.884. The molecule has 0 spiro atoms. The minimum Gasteiger partial charge on any atom is -0.548 e. The lowest BCUT2D eigenvalue weighted by molar-refractivity contribution is -0.308. The van der Waals surface area contributed by atoms with Crippen LogP contribution in [-0.2, 0) is 4.79 Å². The van der Waals surface area contributed by atoms with Crippen LogP contribution in [0.5, 0.6) is 0 Å². The fraction of sp³-hybridized carbons (Fsp3) is 0.579. The van der Waals surface area contributed by atoms with Crippen LogP contribution in [0.3, 0.4) is 0 Å². The van der Waals surface area contributed by atoms with Crippen molar-refractivity contribution in [2.24, 2.45) is 17.8 Å². The summed E-state index contributed by atoms with van der Waals surface area (Å²) in [7, 11) is 0. The molecule has 0 unspecified atom stereocenters. The Morgan fingerprint density at radius 3 is 2.04 bits per heavy atom. The highest BCUT2D eigenvalue weighted by Crippen LogP contribution is 2.55. The molecule has 0 aliphatic heterocycles. The summed E-state index contributed by atoms with van der Waals surface area (Å²) in [6.45, 7) is 0. The Morgan fingerprint density at radius 2 is 1.54 bits per heavy atom. The van der Waals surface area contributed by atoms with E-state index in [9.17, 15) is 14.7 Å². The number of carboxylic acid groups (broad SMARTS) is 1. The maximum atomic E-state index is 12.5. The maximum Gasteiger partial charge on any atom is 0.316 e. The molecular formula is C19H23N2O3-. The SMILES string of the molecule is O=C(N[C@@H](C(=O)[O-])c1ccccc1)NC12CC3CC(CC(C3)C1)C2. The van der Waals surface area contributed by atoms with Gasteiger partial charge in [-0.05, 0) is 61.8 Å². The lowest BCUT2D eigenvalue weighted by Gasteiger charge is -2.56. The highest BCUT2D eigenvalue weighted by atomic mass is 16.4. The molecular weight excluding hydrogens is 304 g/mol. The Balaban J connectivity index is 1.45. The van der Waals surface area contributed by atoms with E-state index in [2.05, 4.69) is 10.6 Å². The third-order valence-electron chi connectivity index (χ3n) is 6.06. The van der Waals surface area contributed by atoms with Gasteiger partial charge >= 0.3 is 6.03 Å². The van der Waals surface area contributed by atoms with Crippen LogP contribution in [0, 0.1) is 17.8 Å². The van der Waals surface area contributed by atoms with Crippen molar-refractivity contribution in [1.29, 1.82) is 0 Å². The van der Waals surface area contributed by atoms with Gasteiger partial charge in [0.05, 0.1) is 12.0 Å². The monoisotopic (exact) mass is 327 g/mol. The summed E-state index contributed by atoms with van der Waals surface area (Å²) < 4.78 is 0. The van der Waals surface area contributed by atoms with Crippen LogP contribution in [0.15, 0.2) is 30.3 Å². The van der Waals surface area contributed by atoms with Gasteiger partial charge < -0.3 is 20.5 Å². The Hall–Kier alpha value is -2.04. The molecule has 24 heavy (non-hydrogen) atoms. The van der Waals surface area contributed by atoms with E-state index in [0.29, 0.717) is 5.56 Å². The van der Waals surface area contributed by atoms with Crippen LogP contribution in [0.25, 0.3) is 0 Å². The lowest BCUT2D eigenvalue weighted by Crippen LogP contribution is -2.62. The molecule has 0 aromatic heterocycles. The highest BCUT2D eigenvalue weighted by Gasteiger charge is 2.51. The van der Waals surface area contributed by atoms with Gasteiger partial charge in [0.25, 0.3) is 0 Å². The van der Waals surface area contributed by atoms with Gasteiger partial charge in [-0.2, -0.15) is 0 Å². The fourth-order valence-corrected chi connectivity index (χ4v) is 5.60. The summed E-state index contributed by atoms with van der Waals surface area (Å²) in [5.41, 5.74) is 0.393. The minimum atomic E-state index is -1.29. The first-order valence-corrected chi connectivity index (χ1v) is 8.87. The summed E-state index contributed by atoms with van der Waals surface area (Å²) >= 11 is 0. The first-order chi connectivity index (χ1) is 11.5. The number of carbonyl (C=O) groups excluding carboxylic acids is 2. The topological polar surface area (TPSA) is 81.3 Å². The van der Waals surface area contributed by atoms with Crippen LogP contribution in [-0.4, -0.2) is 17.5 Å². The van der Waals surface area contributed by atoms with Gasteiger partial charge in [-0.15, -0.1) is 0 Å². The van der Waals surface area contributed by atoms with Crippen molar-refractivity contribution in [1.82, 2.24) is 10.6 Å². The smallest absolute Gasteiger partial charge is 0.316 e. The Labute approximate surface area is 141 Å². The molecule has 0 heterocycles. The van der Waals surface area contributed by atoms with E-state index < -0.39 is 18.0 Å². The largest absolute Gasteiger partial charge is 0.548 e. The second-order valence-electron chi connectivity index (χ2n) is 7.96. The third kappa shape index (κ3) is 2.87. The summed E-state index contributed by atoms with van der Waals surface area (Å²) in [6, 6.07) is 7.17. The summed E-state index contributed by atoms with van der Waals surface area (Å²) in [4.78, 5) is 23.9. The van der Waals surface area contributed by atoms with Gasteiger partial charge in [0, 0.05) is 5.54 Å². The van der Waals surface area contributed by atoms with Crippen LogP contribution in [0.4, 0.5) is 4.79 Å². The minimum absolute atomic E-state index is 0.133. The molecule has 4 saturated carbocycles. The fourth-order valence-electron chi connectivity index (χ4n) is 5.60. The lowest BCUT2D eigenvalue weighted by atomic mass is 9.53. The molecule has 0 saturated heterocycles. The standard InChI is InChI=1S/C19H24N2O3/c22-17(23)16(15-4-2-1-3-5-15)20-18(24)21-19-9-12-6-13(10-19)8-14(7-12)11-19/h1-5,12-14,16H,6-11H2,(H,22,23)(H2,20,21,24)/p-1/t12?,13?,14?,16-,19?/m1/s1. The number of benzene rings is 1. The third-order valence-corrected chi connectivity index (χ3v) is 6.06. The van der Waals surface area contributed by atoms with Crippen LogP contribution < -0.4 is 15.7 Å². The van der Waals surface area contributed by atoms with Gasteiger partial charge in [-0.25, -0.2) is 4.79 Å². The number of amides is 2. The van der Waals surface area contributed by atoms with E-state index in [0.717, 1.165) is 37.0 Å². The molecule has 5 nitrogen and oxygen atoms in total. The Kier molecular flexibility index (Phi) is 3.74. The van der Waals surface area contributed by atoms with Gasteiger partial charge in [-0.3, -0.25) is 0 Å². The van der Waals surface area contributed by atoms with E-state index in [1.165, 1.54) is 19.3 Å². The normalized spacial score (nSPS) is 34.6. The van der Waals surface area contributed by atoms with E-state index in [-0.39, 0.29) is 5.54 Å². The molecule has 2 N–H and O–H groups in total. The first kappa shape index (κ1) is 15.5. The van der Waals surface area contributed by atoms with Crippen molar-refractivity contribution in [3.8, 4) is 0 Å². The molecule has 4 bridgehead atoms. The second kappa shape index (κ2) is 5.80. The predicted octanol–water partition coefficient (Wildman–Crippen LogP) is 1.75. The molecule has 0 radical (unpaired) electrons. The second-order valence-corrected chi connectivity index (χ2v) is 7.96. The van der Waals surface area contributed by atoms with Crippen LogP contribution in [0.2, 0.25) is 0 Å². The number of rotatable bonds is 4. The molecule has 2 amide bonds. The summed E-state index contributed by atoms with van der Waals surface area (Å²) in [5, 5.41) is 17.2. The first-order valence-electron chi connectivity index (χ1n) is 8.87. The number of hydrogen-bond donors (Lipinski definition) is 2. The van der Waals surface area contributed by atoms with Crippen LogP contribution >= 0.6 is 0 Å². The van der Waals surface area contributed by atoms with Crippen molar-refractivity contribution in [3.63, 3.8) is 0 Å². The number of urea groups is 1. The number of aliphatic carboxylic acids is 1. The Bertz CT molecular complexity index is 608. The quantitative estimate of drug-likeness (QED) is 0.884. The number of carbonyl (C=O) groups is 2. The molecule has 4 aliphatic rings. The van der Waals surface area contributed by atoms with E-state index in [4.69, 9.17) is 0 Å². The molecule has 4 fully saturated rings.